The smallest absolute Gasteiger partial charge is 0.227 e. The van der Waals surface area contributed by atoms with Crippen LogP contribution in [0.2, 0.25) is 0 Å². The molecular weight excluding hydrogens is 236 g/mol. The van der Waals surface area contributed by atoms with Gasteiger partial charge in [0.1, 0.15) is 0 Å². The summed E-state index contributed by atoms with van der Waals surface area (Å²) in [4.78, 5) is 14.9. The first-order valence-electron chi connectivity index (χ1n) is 8.25. The summed E-state index contributed by atoms with van der Waals surface area (Å²) in [5.74, 6) is 2.51. The molecule has 3 rings (SSSR count). The van der Waals surface area contributed by atoms with Crippen molar-refractivity contribution in [2.24, 2.45) is 29.4 Å². The molecule has 5 unspecified atom stereocenters. The van der Waals surface area contributed by atoms with E-state index >= 15 is 0 Å². The van der Waals surface area contributed by atoms with Crippen LogP contribution in [0.25, 0.3) is 0 Å². The van der Waals surface area contributed by atoms with Crippen molar-refractivity contribution in [3.05, 3.63) is 0 Å². The summed E-state index contributed by atoms with van der Waals surface area (Å²) in [6.07, 6.45) is 8.71. The molecule has 1 aliphatic heterocycles. The van der Waals surface area contributed by atoms with E-state index in [4.69, 9.17) is 5.73 Å². The number of hydrogen-bond donors (Lipinski definition) is 1. The molecule has 2 aliphatic carbocycles. The average Bonchev–Trinajstić information content (AvgIpc) is 2.99. The first kappa shape index (κ1) is 13.4. The Morgan fingerprint density at radius 2 is 2.05 bits per heavy atom. The molecular formula is C16H28N2O. The van der Waals surface area contributed by atoms with Crippen molar-refractivity contribution in [2.45, 2.75) is 57.9 Å². The standard InChI is InChI=1S/C16H28N2O/c1-2-4-11-5-3-8-18(10-11)16(19)14-12-6-7-13(9-12)15(14)17/h11-15H,2-10,17H2,1H3. The number of rotatable bonds is 3. The van der Waals surface area contributed by atoms with Crippen molar-refractivity contribution in [1.29, 1.82) is 0 Å². The summed E-state index contributed by atoms with van der Waals surface area (Å²) in [6.45, 7) is 4.21. The Kier molecular flexibility index (Phi) is 3.84. The summed E-state index contributed by atoms with van der Waals surface area (Å²) in [6, 6.07) is 0.151. The largest absolute Gasteiger partial charge is 0.342 e. The molecule has 0 aromatic heterocycles. The molecule has 0 aromatic rings. The fourth-order valence-corrected chi connectivity index (χ4v) is 4.82. The van der Waals surface area contributed by atoms with Gasteiger partial charge in [-0.2, -0.15) is 0 Å². The fraction of sp³-hybridized carbons (Fsp3) is 0.938. The zero-order valence-electron chi connectivity index (χ0n) is 12.2. The van der Waals surface area contributed by atoms with Crippen LogP contribution in [0.15, 0.2) is 0 Å². The first-order valence-corrected chi connectivity index (χ1v) is 8.25. The van der Waals surface area contributed by atoms with Crippen LogP contribution in [0.1, 0.15) is 51.9 Å². The van der Waals surface area contributed by atoms with Gasteiger partial charge in [0.2, 0.25) is 5.91 Å². The third kappa shape index (κ3) is 2.42. The van der Waals surface area contributed by atoms with E-state index in [1.165, 1.54) is 44.9 Å². The second-order valence-corrected chi connectivity index (χ2v) is 7.02. The summed E-state index contributed by atoms with van der Waals surface area (Å²) in [7, 11) is 0. The Morgan fingerprint density at radius 1 is 1.26 bits per heavy atom. The number of amides is 1. The van der Waals surface area contributed by atoms with Crippen LogP contribution in [0.4, 0.5) is 0 Å². The molecule has 1 saturated heterocycles. The number of carbonyl (C=O) groups is 1. The fourth-order valence-electron chi connectivity index (χ4n) is 4.82. The van der Waals surface area contributed by atoms with Crippen LogP contribution < -0.4 is 5.73 Å². The molecule has 1 amide bonds. The molecule has 1 heterocycles. The highest BCUT2D eigenvalue weighted by molar-refractivity contribution is 5.80. The lowest BCUT2D eigenvalue weighted by Crippen LogP contribution is -2.49. The Hall–Kier alpha value is -0.570. The van der Waals surface area contributed by atoms with E-state index in [1.807, 2.05) is 0 Å². The van der Waals surface area contributed by atoms with E-state index < -0.39 is 0 Å². The number of nitrogens with two attached hydrogens (primary N) is 1. The second kappa shape index (κ2) is 5.43. The molecule has 19 heavy (non-hydrogen) atoms. The van der Waals surface area contributed by atoms with Gasteiger partial charge in [0.15, 0.2) is 0 Å². The van der Waals surface area contributed by atoms with Crippen molar-refractivity contribution in [1.82, 2.24) is 4.90 Å². The minimum atomic E-state index is 0.151. The molecule has 3 heteroatoms. The third-order valence-electron chi connectivity index (χ3n) is 5.79. The van der Waals surface area contributed by atoms with Gasteiger partial charge in [-0.1, -0.05) is 13.3 Å². The maximum atomic E-state index is 12.8. The van der Waals surface area contributed by atoms with E-state index in [0.717, 1.165) is 19.0 Å². The third-order valence-corrected chi connectivity index (χ3v) is 5.79. The number of carbonyl (C=O) groups excluding carboxylic acids is 1. The van der Waals surface area contributed by atoms with Gasteiger partial charge in [-0.25, -0.2) is 0 Å². The van der Waals surface area contributed by atoms with Crippen LogP contribution in [0, 0.1) is 23.7 Å². The second-order valence-electron chi connectivity index (χ2n) is 7.02. The van der Waals surface area contributed by atoms with E-state index in [0.29, 0.717) is 17.7 Å². The Labute approximate surface area is 116 Å². The predicted octanol–water partition coefficient (Wildman–Crippen LogP) is 2.40. The lowest BCUT2D eigenvalue weighted by atomic mass is 9.83. The van der Waals surface area contributed by atoms with Crippen molar-refractivity contribution in [3.8, 4) is 0 Å². The topological polar surface area (TPSA) is 46.3 Å². The predicted molar refractivity (Wildman–Crippen MR) is 76.5 cm³/mol. The maximum absolute atomic E-state index is 12.8. The summed E-state index contributed by atoms with van der Waals surface area (Å²) in [5.41, 5.74) is 6.32. The van der Waals surface area contributed by atoms with Crippen molar-refractivity contribution < 1.29 is 4.79 Å². The van der Waals surface area contributed by atoms with Gasteiger partial charge in [0.05, 0.1) is 5.92 Å². The normalized spacial score (nSPS) is 41.8. The molecule has 3 fully saturated rings. The molecule has 2 bridgehead atoms. The van der Waals surface area contributed by atoms with Gasteiger partial charge >= 0.3 is 0 Å². The highest BCUT2D eigenvalue weighted by Gasteiger charge is 2.50. The molecule has 0 aromatic carbocycles. The zero-order chi connectivity index (χ0) is 13.4. The lowest BCUT2D eigenvalue weighted by molar-refractivity contribution is -0.139. The average molecular weight is 264 g/mol. The number of fused-ring (bicyclic) bond motifs is 2. The minimum Gasteiger partial charge on any atom is -0.342 e. The summed E-state index contributed by atoms with van der Waals surface area (Å²) >= 11 is 0. The Bertz CT molecular complexity index is 340. The highest BCUT2D eigenvalue weighted by atomic mass is 16.2. The van der Waals surface area contributed by atoms with Gasteiger partial charge < -0.3 is 10.6 Å². The van der Waals surface area contributed by atoms with Gasteiger partial charge in [0, 0.05) is 19.1 Å². The van der Waals surface area contributed by atoms with Crippen LogP contribution in [-0.4, -0.2) is 29.9 Å². The molecule has 0 spiro atoms. The summed E-state index contributed by atoms with van der Waals surface area (Å²) < 4.78 is 0. The molecule has 2 saturated carbocycles. The minimum absolute atomic E-state index is 0.151. The number of nitrogens with zero attached hydrogens (tertiary/aromatic N) is 1. The van der Waals surface area contributed by atoms with Gasteiger partial charge in [-0.3, -0.25) is 4.79 Å². The lowest BCUT2D eigenvalue weighted by Gasteiger charge is -2.37. The highest BCUT2D eigenvalue weighted by Crippen LogP contribution is 2.48. The van der Waals surface area contributed by atoms with Gasteiger partial charge in [0.25, 0.3) is 0 Å². The molecule has 5 atom stereocenters. The van der Waals surface area contributed by atoms with Gasteiger partial charge in [-0.15, -0.1) is 0 Å². The molecule has 3 aliphatic rings. The summed E-state index contributed by atoms with van der Waals surface area (Å²) in [5, 5.41) is 0. The Balaban J connectivity index is 1.63. The van der Waals surface area contributed by atoms with Crippen LogP contribution in [0.5, 0.6) is 0 Å². The van der Waals surface area contributed by atoms with E-state index in [2.05, 4.69) is 11.8 Å². The Morgan fingerprint density at radius 3 is 2.74 bits per heavy atom. The first-order chi connectivity index (χ1) is 9.20. The molecule has 3 nitrogen and oxygen atoms in total. The monoisotopic (exact) mass is 264 g/mol. The van der Waals surface area contributed by atoms with Crippen molar-refractivity contribution >= 4 is 5.91 Å². The molecule has 2 N–H and O–H groups in total. The molecule has 0 radical (unpaired) electrons. The zero-order valence-corrected chi connectivity index (χ0v) is 12.2. The quantitative estimate of drug-likeness (QED) is 0.851. The van der Waals surface area contributed by atoms with E-state index in [-0.39, 0.29) is 12.0 Å². The van der Waals surface area contributed by atoms with Crippen LogP contribution in [0.3, 0.4) is 0 Å². The van der Waals surface area contributed by atoms with E-state index in [1.54, 1.807) is 0 Å². The van der Waals surface area contributed by atoms with Gasteiger partial charge in [-0.05, 0) is 56.3 Å². The van der Waals surface area contributed by atoms with Crippen LogP contribution in [-0.2, 0) is 4.79 Å². The molecule has 108 valence electrons. The van der Waals surface area contributed by atoms with Crippen LogP contribution >= 0.6 is 0 Å². The number of hydrogen-bond acceptors (Lipinski definition) is 2. The SMILES string of the molecule is CCCC1CCCN(C(=O)C2C3CCC(C3)C2N)C1. The van der Waals surface area contributed by atoms with Crippen molar-refractivity contribution in [2.75, 3.05) is 13.1 Å². The van der Waals surface area contributed by atoms with E-state index in [9.17, 15) is 4.79 Å². The maximum Gasteiger partial charge on any atom is 0.227 e. The number of piperidine rings is 1. The number of likely N-dealkylation sites (tertiary alicyclic amines) is 1. The van der Waals surface area contributed by atoms with Crippen molar-refractivity contribution in [3.63, 3.8) is 0 Å².